The van der Waals surface area contributed by atoms with E-state index in [9.17, 15) is 14.4 Å². The van der Waals surface area contributed by atoms with Crippen LogP contribution in [0, 0.1) is 11.3 Å². The highest BCUT2D eigenvalue weighted by molar-refractivity contribution is 7.51. The average Bonchev–Trinajstić information content (AvgIpc) is 2.50. The molecule has 0 saturated heterocycles. The molecule has 0 amide bonds. The van der Waals surface area contributed by atoms with E-state index in [1.807, 2.05) is 27.7 Å². The zero-order chi connectivity index (χ0) is 17.8. The van der Waals surface area contributed by atoms with Crippen LogP contribution in [-0.2, 0) is 14.0 Å². The van der Waals surface area contributed by atoms with Crippen molar-refractivity contribution in [2.45, 2.75) is 52.6 Å². The van der Waals surface area contributed by atoms with Gasteiger partial charge in [0.05, 0.1) is 20.4 Å². The van der Waals surface area contributed by atoms with Crippen molar-refractivity contribution in [2.75, 3.05) is 20.4 Å². The molecule has 8 heteroatoms. The molecule has 1 heterocycles. The van der Waals surface area contributed by atoms with Crippen molar-refractivity contribution in [1.82, 2.24) is 0 Å². The van der Waals surface area contributed by atoms with Crippen molar-refractivity contribution >= 4 is 19.4 Å². The first-order chi connectivity index (χ1) is 10.6. The summed E-state index contributed by atoms with van der Waals surface area (Å²) in [5.41, 5.74) is -0.723. The lowest BCUT2D eigenvalue weighted by Crippen LogP contribution is -2.47. The highest BCUT2D eigenvalue weighted by atomic mass is 31.2. The fourth-order valence-corrected chi connectivity index (χ4v) is 4.49. The van der Waals surface area contributed by atoms with Gasteiger partial charge in [-0.3, -0.25) is 4.57 Å². The summed E-state index contributed by atoms with van der Waals surface area (Å²) < 4.78 is 22.5. The van der Waals surface area contributed by atoms with Crippen molar-refractivity contribution in [3.63, 3.8) is 0 Å². The monoisotopic (exact) mass is 348 g/mol. The Morgan fingerprint density at radius 1 is 1.13 bits per heavy atom. The molecule has 2 atom stereocenters. The smallest absolute Gasteiger partial charge is 0.326 e. The summed E-state index contributed by atoms with van der Waals surface area (Å²) in [4.78, 5) is 28.3. The lowest BCUT2D eigenvalue weighted by Gasteiger charge is -2.40. The maximum atomic E-state index is 11.7. The standard InChI is InChI=1S/C15H29N2O5P/c1-7-15(8-2,9-23(18,19)20)12-14(22-6)16-11(10(3)4)13(17-12)21-5/h10-12H,7-9H2,1-6H3,(H2,18,19,20)/t11-,12-/m1/s1. The molecular formula is C15H29N2O5P. The van der Waals surface area contributed by atoms with Crippen LogP contribution < -0.4 is 0 Å². The maximum Gasteiger partial charge on any atom is 0.326 e. The summed E-state index contributed by atoms with van der Waals surface area (Å²) >= 11 is 0. The third-order valence-corrected chi connectivity index (χ3v) is 5.61. The number of hydrogen-bond donors (Lipinski definition) is 2. The van der Waals surface area contributed by atoms with Gasteiger partial charge in [-0.05, 0) is 18.8 Å². The molecule has 0 spiro atoms. The number of nitrogens with zero attached hydrogens (tertiary/aromatic N) is 2. The van der Waals surface area contributed by atoms with Crippen molar-refractivity contribution in [1.29, 1.82) is 0 Å². The molecule has 0 saturated carbocycles. The fraction of sp³-hybridized carbons (Fsp3) is 0.867. The molecule has 7 nitrogen and oxygen atoms in total. The van der Waals surface area contributed by atoms with Crippen molar-refractivity contribution in [2.24, 2.45) is 21.3 Å². The molecule has 23 heavy (non-hydrogen) atoms. The molecule has 0 aromatic heterocycles. The predicted octanol–water partition coefficient (Wildman–Crippen LogP) is 2.47. The van der Waals surface area contributed by atoms with E-state index < -0.39 is 19.1 Å². The van der Waals surface area contributed by atoms with Gasteiger partial charge in [0.1, 0.15) is 12.1 Å². The first-order valence-corrected chi connectivity index (χ1v) is 9.71. The largest absolute Gasteiger partial charge is 0.483 e. The Labute approximate surface area is 138 Å². The van der Waals surface area contributed by atoms with Crippen LogP contribution in [0.25, 0.3) is 0 Å². The minimum Gasteiger partial charge on any atom is -0.483 e. The molecule has 0 fully saturated rings. The second kappa shape index (κ2) is 7.77. The van der Waals surface area contributed by atoms with E-state index in [-0.39, 0.29) is 18.1 Å². The lowest BCUT2D eigenvalue weighted by atomic mass is 9.76. The molecule has 0 bridgehead atoms. The van der Waals surface area contributed by atoms with Gasteiger partial charge in [-0.15, -0.1) is 0 Å². The Morgan fingerprint density at radius 2 is 1.65 bits per heavy atom. The van der Waals surface area contributed by atoms with Crippen LogP contribution in [0.5, 0.6) is 0 Å². The molecule has 1 aliphatic rings. The highest BCUT2D eigenvalue weighted by Gasteiger charge is 2.47. The van der Waals surface area contributed by atoms with E-state index in [0.29, 0.717) is 24.6 Å². The van der Waals surface area contributed by atoms with Gasteiger partial charge in [0.2, 0.25) is 11.8 Å². The maximum absolute atomic E-state index is 11.7. The molecule has 2 N–H and O–H groups in total. The van der Waals surface area contributed by atoms with Crippen LogP contribution in [-0.4, -0.2) is 54.0 Å². The van der Waals surface area contributed by atoms with Crippen molar-refractivity contribution in [3.8, 4) is 0 Å². The zero-order valence-corrected chi connectivity index (χ0v) is 15.7. The van der Waals surface area contributed by atoms with Gasteiger partial charge in [0, 0.05) is 5.41 Å². The number of ether oxygens (including phenoxy) is 2. The summed E-state index contributed by atoms with van der Waals surface area (Å²) in [7, 11) is -1.15. The minimum absolute atomic E-state index is 0.180. The second-order valence-corrected chi connectivity index (χ2v) is 7.97. The van der Waals surface area contributed by atoms with E-state index in [1.54, 1.807) is 7.11 Å². The quantitative estimate of drug-likeness (QED) is 0.718. The summed E-state index contributed by atoms with van der Waals surface area (Å²) in [6.45, 7) is 7.84. The molecule has 0 aromatic carbocycles. The number of hydrogen-bond acceptors (Lipinski definition) is 5. The Morgan fingerprint density at radius 3 is 2.00 bits per heavy atom. The molecule has 1 rings (SSSR count). The van der Waals surface area contributed by atoms with Gasteiger partial charge in [0.15, 0.2) is 0 Å². The highest BCUT2D eigenvalue weighted by Crippen LogP contribution is 2.48. The number of methoxy groups -OCH3 is 2. The van der Waals surface area contributed by atoms with Gasteiger partial charge >= 0.3 is 7.60 Å². The van der Waals surface area contributed by atoms with Crippen molar-refractivity contribution in [3.05, 3.63) is 0 Å². The van der Waals surface area contributed by atoms with E-state index in [1.165, 1.54) is 7.11 Å². The van der Waals surface area contributed by atoms with Crippen LogP contribution in [0.3, 0.4) is 0 Å². The molecule has 0 aliphatic carbocycles. The van der Waals surface area contributed by atoms with Crippen LogP contribution in [0.4, 0.5) is 0 Å². The lowest BCUT2D eigenvalue weighted by molar-refractivity contribution is 0.221. The third kappa shape index (κ3) is 4.55. The fourth-order valence-electron chi connectivity index (χ4n) is 3.05. The second-order valence-electron chi connectivity index (χ2n) is 6.33. The van der Waals surface area contributed by atoms with Gasteiger partial charge in [-0.1, -0.05) is 27.7 Å². The summed E-state index contributed by atoms with van der Waals surface area (Å²) in [5.74, 6) is 1.09. The molecule has 0 aromatic rings. The SMILES string of the molecule is CCC(CC)(CP(=O)(O)O)[C@@H]1N=C(OC)[C@@H](C(C)C)N=C1OC. The molecule has 134 valence electrons. The topological polar surface area (TPSA) is 101 Å². The molecular weight excluding hydrogens is 319 g/mol. The van der Waals surface area contributed by atoms with Crippen LogP contribution in [0.15, 0.2) is 9.98 Å². The Bertz CT molecular complexity index is 508. The Hall–Kier alpha value is -0.910. The zero-order valence-electron chi connectivity index (χ0n) is 14.8. The van der Waals surface area contributed by atoms with Crippen molar-refractivity contribution < 1.29 is 23.8 Å². The normalized spacial score (nSPS) is 22.7. The van der Waals surface area contributed by atoms with Gasteiger partial charge in [-0.2, -0.15) is 0 Å². The van der Waals surface area contributed by atoms with Gasteiger partial charge in [-0.25, -0.2) is 9.98 Å². The first-order valence-electron chi connectivity index (χ1n) is 7.92. The molecule has 0 radical (unpaired) electrons. The van der Waals surface area contributed by atoms with E-state index in [0.717, 1.165) is 0 Å². The van der Waals surface area contributed by atoms with Crippen LogP contribution in [0.1, 0.15) is 40.5 Å². The molecule has 1 aliphatic heterocycles. The summed E-state index contributed by atoms with van der Waals surface area (Å²) in [5, 5.41) is 0. The average molecular weight is 348 g/mol. The summed E-state index contributed by atoms with van der Waals surface area (Å²) in [6.07, 6.45) is 0.843. The predicted molar refractivity (Wildman–Crippen MR) is 91.2 cm³/mol. The summed E-state index contributed by atoms with van der Waals surface area (Å²) in [6, 6.07) is -0.798. The number of aliphatic imine (C=N–C) groups is 2. The minimum atomic E-state index is -4.21. The Balaban J connectivity index is 3.37. The molecule has 0 unspecified atom stereocenters. The van der Waals surface area contributed by atoms with Crippen LogP contribution in [0.2, 0.25) is 0 Å². The third-order valence-electron chi connectivity index (χ3n) is 4.57. The van der Waals surface area contributed by atoms with E-state index in [2.05, 4.69) is 9.98 Å². The van der Waals surface area contributed by atoms with Crippen LogP contribution >= 0.6 is 7.60 Å². The number of rotatable bonds is 6. The Kier molecular flexibility index (Phi) is 6.81. The van der Waals surface area contributed by atoms with Gasteiger partial charge < -0.3 is 19.3 Å². The van der Waals surface area contributed by atoms with E-state index >= 15 is 0 Å². The van der Waals surface area contributed by atoms with E-state index in [4.69, 9.17) is 9.47 Å². The first kappa shape index (κ1) is 20.1. The van der Waals surface area contributed by atoms with Gasteiger partial charge in [0.25, 0.3) is 0 Å².